The average molecular weight is 341 g/mol. The molecule has 6 heteroatoms. The molecule has 1 amide bonds. The first-order valence-electron chi connectivity index (χ1n) is 8.85. The molecule has 4 rings (SSSR count). The molecule has 1 saturated heterocycles. The van der Waals surface area contributed by atoms with Crippen LogP contribution in [0, 0.1) is 12.8 Å². The summed E-state index contributed by atoms with van der Waals surface area (Å²) in [6.07, 6.45) is 2.90. The third kappa shape index (κ3) is 3.18. The molecule has 2 heterocycles. The molecule has 1 aromatic carbocycles. The monoisotopic (exact) mass is 341 g/mol. The summed E-state index contributed by atoms with van der Waals surface area (Å²) in [5, 5.41) is 3.89. The van der Waals surface area contributed by atoms with Gasteiger partial charge in [-0.3, -0.25) is 4.79 Å². The van der Waals surface area contributed by atoms with E-state index in [9.17, 15) is 4.79 Å². The van der Waals surface area contributed by atoms with E-state index in [0.29, 0.717) is 30.6 Å². The van der Waals surface area contributed by atoms with Crippen LogP contribution in [0.5, 0.6) is 0 Å². The van der Waals surface area contributed by atoms with E-state index in [2.05, 4.69) is 22.3 Å². The van der Waals surface area contributed by atoms with Gasteiger partial charge >= 0.3 is 0 Å². The number of ether oxygens (including phenoxy) is 1. The Labute approximate surface area is 147 Å². The van der Waals surface area contributed by atoms with Crippen LogP contribution in [0.25, 0.3) is 0 Å². The van der Waals surface area contributed by atoms with E-state index in [1.165, 1.54) is 0 Å². The fourth-order valence-electron chi connectivity index (χ4n) is 3.78. The Morgan fingerprint density at radius 2 is 2.08 bits per heavy atom. The first-order valence-corrected chi connectivity index (χ1v) is 8.85. The van der Waals surface area contributed by atoms with E-state index < -0.39 is 0 Å². The Kier molecular flexibility index (Phi) is 4.29. The SMILES string of the molecule is CO[C@@H]1C[C@H](c2nc(C)no2)N(C(=O)[C@H](c2ccccc2)C2CC2)C1. The minimum Gasteiger partial charge on any atom is -0.380 e. The summed E-state index contributed by atoms with van der Waals surface area (Å²) in [6, 6.07) is 9.88. The Balaban J connectivity index is 1.64. The zero-order chi connectivity index (χ0) is 17.4. The van der Waals surface area contributed by atoms with Gasteiger partial charge in [-0.15, -0.1) is 0 Å². The van der Waals surface area contributed by atoms with Crippen LogP contribution in [0.2, 0.25) is 0 Å². The van der Waals surface area contributed by atoms with E-state index >= 15 is 0 Å². The molecule has 1 saturated carbocycles. The summed E-state index contributed by atoms with van der Waals surface area (Å²) in [4.78, 5) is 19.7. The molecule has 0 radical (unpaired) electrons. The van der Waals surface area contributed by atoms with Crippen LogP contribution in [0.15, 0.2) is 34.9 Å². The zero-order valence-corrected chi connectivity index (χ0v) is 14.6. The lowest BCUT2D eigenvalue weighted by molar-refractivity contribution is -0.135. The van der Waals surface area contributed by atoms with Crippen molar-refractivity contribution in [3.05, 3.63) is 47.6 Å². The number of carbonyl (C=O) groups excluding carboxylic acids is 1. The summed E-state index contributed by atoms with van der Waals surface area (Å²) >= 11 is 0. The summed E-state index contributed by atoms with van der Waals surface area (Å²) < 4.78 is 10.9. The highest BCUT2D eigenvalue weighted by molar-refractivity contribution is 5.85. The number of benzene rings is 1. The largest absolute Gasteiger partial charge is 0.380 e. The van der Waals surface area contributed by atoms with E-state index in [0.717, 1.165) is 18.4 Å². The van der Waals surface area contributed by atoms with Crippen molar-refractivity contribution < 1.29 is 14.1 Å². The van der Waals surface area contributed by atoms with Crippen molar-refractivity contribution in [3.8, 4) is 0 Å². The summed E-state index contributed by atoms with van der Waals surface area (Å²) in [6.45, 7) is 2.36. The molecule has 2 aromatic rings. The van der Waals surface area contributed by atoms with Gasteiger partial charge in [-0.25, -0.2) is 0 Å². The van der Waals surface area contributed by atoms with E-state index in [-0.39, 0.29) is 24.0 Å². The third-order valence-corrected chi connectivity index (χ3v) is 5.23. The second-order valence-electron chi connectivity index (χ2n) is 7.01. The second-order valence-corrected chi connectivity index (χ2v) is 7.01. The number of likely N-dealkylation sites (tertiary alicyclic amines) is 1. The van der Waals surface area contributed by atoms with Crippen LogP contribution in [0.1, 0.15) is 48.5 Å². The predicted molar refractivity (Wildman–Crippen MR) is 90.8 cm³/mol. The van der Waals surface area contributed by atoms with Gasteiger partial charge in [-0.2, -0.15) is 4.98 Å². The molecule has 1 aliphatic carbocycles. The van der Waals surface area contributed by atoms with Crippen molar-refractivity contribution in [1.29, 1.82) is 0 Å². The molecule has 132 valence electrons. The van der Waals surface area contributed by atoms with Crippen molar-refractivity contribution in [3.63, 3.8) is 0 Å². The van der Waals surface area contributed by atoms with Gasteiger partial charge in [0.2, 0.25) is 11.8 Å². The summed E-state index contributed by atoms with van der Waals surface area (Å²) in [5.41, 5.74) is 1.09. The molecule has 3 atom stereocenters. The van der Waals surface area contributed by atoms with Crippen molar-refractivity contribution in [2.45, 2.75) is 44.2 Å². The molecular formula is C19H23N3O3. The Bertz CT molecular complexity index is 741. The summed E-state index contributed by atoms with van der Waals surface area (Å²) in [7, 11) is 1.68. The second kappa shape index (κ2) is 6.59. The Morgan fingerprint density at radius 1 is 1.32 bits per heavy atom. The zero-order valence-electron chi connectivity index (χ0n) is 14.6. The molecule has 1 aromatic heterocycles. The molecular weight excluding hydrogens is 318 g/mol. The Morgan fingerprint density at radius 3 is 2.68 bits per heavy atom. The van der Waals surface area contributed by atoms with Crippen molar-refractivity contribution in [2.24, 2.45) is 5.92 Å². The van der Waals surface area contributed by atoms with Gasteiger partial charge in [-0.05, 0) is 31.2 Å². The van der Waals surface area contributed by atoms with Gasteiger partial charge in [0.1, 0.15) is 6.04 Å². The molecule has 2 fully saturated rings. The number of carbonyl (C=O) groups is 1. The van der Waals surface area contributed by atoms with Gasteiger partial charge in [0, 0.05) is 20.1 Å². The van der Waals surface area contributed by atoms with Crippen LogP contribution in [-0.4, -0.2) is 40.7 Å². The highest BCUT2D eigenvalue weighted by Crippen LogP contribution is 2.45. The maximum atomic E-state index is 13.5. The van der Waals surface area contributed by atoms with E-state index in [4.69, 9.17) is 9.26 Å². The topological polar surface area (TPSA) is 68.5 Å². The number of hydrogen-bond donors (Lipinski definition) is 0. The van der Waals surface area contributed by atoms with Crippen LogP contribution in [0.4, 0.5) is 0 Å². The first kappa shape index (κ1) is 16.3. The van der Waals surface area contributed by atoms with E-state index in [1.54, 1.807) is 14.0 Å². The number of aryl methyl sites for hydroxylation is 1. The van der Waals surface area contributed by atoms with Crippen LogP contribution >= 0.6 is 0 Å². The molecule has 25 heavy (non-hydrogen) atoms. The molecule has 0 spiro atoms. The number of aromatic nitrogens is 2. The number of rotatable bonds is 5. The lowest BCUT2D eigenvalue weighted by Gasteiger charge is -2.27. The molecule has 2 aliphatic rings. The quantitative estimate of drug-likeness (QED) is 0.836. The fourth-order valence-corrected chi connectivity index (χ4v) is 3.78. The maximum absolute atomic E-state index is 13.5. The van der Waals surface area contributed by atoms with E-state index in [1.807, 2.05) is 23.1 Å². The van der Waals surface area contributed by atoms with Gasteiger partial charge in [-0.1, -0.05) is 35.5 Å². The van der Waals surface area contributed by atoms with Gasteiger partial charge < -0.3 is 14.2 Å². The minimum absolute atomic E-state index is 0.00298. The molecule has 0 unspecified atom stereocenters. The van der Waals surface area contributed by atoms with Gasteiger partial charge in [0.25, 0.3) is 0 Å². The third-order valence-electron chi connectivity index (χ3n) is 5.23. The predicted octanol–water partition coefficient (Wildman–Crippen LogP) is 2.86. The van der Waals surface area contributed by atoms with Crippen LogP contribution in [0.3, 0.4) is 0 Å². The molecule has 6 nitrogen and oxygen atoms in total. The van der Waals surface area contributed by atoms with Crippen LogP contribution < -0.4 is 0 Å². The van der Waals surface area contributed by atoms with Gasteiger partial charge in [0.15, 0.2) is 5.82 Å². The van der Waals surface area contributed by atoms with Crippen molar-refractivity contribution in [1.82, 2.24) is 15.0 Å². The first-order chi connectivity index (χ1) is 12.2. The van der Waals surface area contributed by atoms with Crippen LogP contribution in [-0.2, 0) is 9.53 Å². The van der Waals surface area contributed by atoms with Crippen molar-refractivity contribution >= 4 is 5.91 Å². The fraction of sp³-hybridized carbons (Fsp3) is 0.526. The maximum Gasteiger partial charge on any atom is 0.249 e. The number of nitrogens with zero attached hydrogens (tertiary/aromatic N) is 3. The highest BCUT2D eigenvalue weighted by Gasteiger charge is 2.45. The smallest absolute Gasteiger partial charge is 0.249 e. The molecule has 0 bridgehead atoms. The van der Waals surface area contributed by atoms with Gasteiger partial charge in [0.05, 0.1) is 12.0 Å². The lowest BCUT2D eigenvalue weighted by Crippen LogP contribution is -2.36. The standard InChI is InChI=1S/C19H23N3O3/c1-12-20-18(25-21-12)16-10-15(24-2)11-22(16)19(23)17(14-8-9-14)13-6-4-3-5-7-13/h3-7,14-17H,8-11H2,1-2H3/t15-,16-,17-/m1/s1. The number of hydrogen-bond acceptors (Lipinski definition) is 5. The summed E-state index contributed by atoms with van der Waals surface area (Å²) in [5.74, 6) is 1.58. The van der Waals surface area contributed by atoms with Crippen molar-refractivity contribution in [2.75, 3.05) is 13.7 Å². The Hall–Kier alpha value is -2.21. The number of methoxy groups -OCH3 is 1. The molecule has 0 N–H and O–H groups in total. The lowest BCUT2D eigenvalue weighted by atomic mass is 9.92. The highest BCUT2D eigenvalue weighted by atomic mass is 16.5. The molecule has 1 aliphatic heterocycles. The average Bonchev–Trinajstić information content (AvgIpc) is 3.20. The normalized spacial score (nSPS) is 24.5. The number of amides is 1. The minimum atomic E-state index is -0.205.